The van der Waals surface area contributed by atoms with Crippen LogP contribution in [0.1, 0.15) is 69.6 Å². The number of phenolic OH excluding ortho intramolecular Hbond substituents is 1. The molecule has 10 atom stereocenters. The maximum Gasteiger partial charge on any atom is 0.245 e. The second-order valence-electron chi connectivity index (χ2n) is 22.3. The third kappa shape index (κ3) is 25.6. The zero-order valence-corrected chi connectivity index (χ0v) is 53.6. The molecule has 1 aromatic heterocycles. The number of guanidine groups is 1. The molecule has 0 radical (unpaired) electrons. The summed E-state index contributed by atoms with van der Waals surface area (Å²) in [5, 5.41) is 45.4. The average molecular weight is 1350 g/mol. The van der Waals surface area contributed by atoms with Crippen LogP contribution >= 0.6 is 25.3 Å². The zero-order chi connectivity index (χ0) is 69.8. The molecule has 0 fully saturated rings. The van der Waals surface area contributed by atoms with Crippen molar-refractivity contribution in [2.24, 2.45) is 39.6 Å². The monoisotopic (exact) mass is 1350 g/mol. The summed E-state index contributed by atoms with van der Waals surface area (Å²) >= 11 is 8.38. The first kappa shape index (κ1) is 76.5. The van der Waals surface area contributed by atoms with Gasteiger partial charge in [0.05, 0.1) is 19.4 Å². The number of thiol groups is 2. The predicted octanol–water partition coefficient (Wildman–Crippen LogP) is -5.04. The highest BCUT2D eigenvalue weighted by Gasteiger charge is 2.37. The van der Waals surface area contributed by atoms with E-state index in [4.69, 9.17) is 28.7 Å². The molecule has 510 valence electrons. The number of aromatic hydroxyl groups is 1. The van der Waals surface area contributed by atoms with Gasteiger partial charge < -0.3 is 97.0 Å². The minimum atomic E-state index is -1.93. The van der Waals surface area contributed by atoms with Crippen LogP contribution < -0.4 is 81.8 Å². The molecule has 4 rings (SSSR count). The topological polar surface area (TPSA) is 541 Å². The lowest BCUT2D eigenvalue weighted by atomic mass is 10.0. The van der Waals surface area contributed by atoms with Gasteiger partial charge in [0, 0.05) is 61.3 Å². The van der Waals surface area contributed by atoms with Crippen molar-refractivity contribution in [1.29, 1.82) is 0 Å². The number of aliphatic imine (C=N–C) groups is 1. The fourth-order valence-electron chi connectivity index (χ4n) is 9.45. The highest BCUT2D eigenvalue weighted by molar-refractivity contribution is 7.80. The maximum atomic E-state index is 14.4. The number of nitrogens with zero attached hydrogens (tertiary/aromatic N) is 1. The Morgan fingerprint density at radius 2 is 0.904 bits per heavy atom. The summed E-state index contributed by atoms with van der Waals surface area (Å²) in [6.07, 6.45) is -0.786. The van der Waals surface area contributed by atoms with Crippen LogP contribution in [0.2, 0.25) is 0 Å². The second kappa shape index (κ2) is 38.1. The Bertz CT molecular complexity index is 3350. The number of aromatic amines is 1. The largest absolute Gasteiger partial charge is 0.508 e. The third-order valence-electron chi connectivity index (χ3n) is 14.2. The van der Waals surface area contributed by atoms with Gasteiger partial charge in [0.15, 0.2) is 5.96 Å². The van der Waals surface area contributed by atoms with Gasteiger partial charge in [-0.25, -0.2) is 0 Å². The van der Waals surface area contributed by atoms with Gasteiger partial charge >= 0.3 is 0 Å². The number of phenols is 1. The fraction of sp³-hybridized carbons (Fsp3) is 0.433. The fourth-order valence-corrected chi connectivity index (χ4v) is 9.97. The van der Waals surface area contributed by atoms with Crippen molar-refractivity contribution in [3.63, 3.8) is 0 Å². The molecule has 0 saturated carbocycles. The molecular weight excluding hydrogens is 1260 g/mol. The molecule has 32 nitrogen and oxygen atoms in total. The molecule has 0 aliphatic heterocycles. The van der Waals surface area contributed by atoms with Crippen LogP contribution in [0.4, 0.5) is 0 Å². The average Bonchev–Trinajstić information content (AvgIpc) is 1.62. The minimum Gasteiger partial charge on any atom is -0.508 e. The lowest BCUT2D eigenvalue weighted by molar-refractivity contribution is -0.137. The Morgan fingerprint density at radius 1 is 0.489 bits per heavy atom. The number of nitrogens with two attached hydrogens (primary N) is 5. The Labute approximate surface area is 551 Å². The van der Waals surface area contributed by atoms with Crippen molar-refractivity contribution < 1.29 is 72.5 Å². The van der Waals surface area contributed by atoms with Crippen LogP contribution in [0.25, 0.3) is 10.9 Å². The number of H-pyrrole nitrogens is 1. The van der Waals surface area contributed by atoms with Gasteiger partial charge in [0.2, 0.25) is 76.8 Å². The van der Waals surface area contributed by atoms with E-state index in [-0.39, 0.29) is 74.2 Å². The van der Waals surface area contributed by atoms with Gasteiger partial charge in [0.25, 0.3) is 0 Å². The molecule has 0 saturated heterocycles. The number of nitrogens with one attached hydrogen (secondary N) is 11. The van der Waals surface area contributed by atoms with E-state index >= 15 is 0 Å². The molecular formula is C60H83N17O15S2. The maximum absolute atomic E-state index is 14.4. The molecule has 3 aromatic carbocycles. The predicted molar refractivity (Wildman–Crippen MR) is 350 cm³/mol. The Balaban J connectivity index is 1.57. The molecule has 23 N–H and O–H groups in total. The normalized spacial score (nSPS) is 14.2. The minimum absolute atomic E-state index is 0.00864. The van der Waals surface area contributed by atoms with Gasteiger partial charge in [-0.3, -0.25) is 67.3 Å². The number of amides is 13. The summed E-state index contributed by atoms with van der Waals surface area (Å²) in [7, 11) is 0. The second-order valence-corrected chi connectivity index (χ2v) is 23.0. The number of carbonyl (C=O) groups excluding carboxylic acids is 13. The number of rotatable bonds is 39. The molecule has 1 heterocycles. The zero-order valence-electron chi connectivity index (χ0n) is 51.8. The number of para-hydroxylation sites is 1. The van der Waals surface area contributed by atoms with Crippen molar-refractivity contribution in [2.45, 2.75) is 133 Å². The van der Waals surface area contributed by atoms with Gasteiger partial charge in [-0.15, -0.1) is 0 Å². The Kier molecular flexibility index (Phi) is 31.0. The van der Waals surface area contributed by atoms with E-state index in [2.05, 4.69) is 88.4 Å². The number of aromatic nitrogens is 1. The van der Waals surface area contributed by atoms with Crippen LogP contribution in [0.3, 0.4) is 0 Å². The number of primary amides is 3. The lowest BCUT2D eigenvalue weighted by Gasteiger charge is -2.28. The SMILES string of the molecule is CC(=O)N[C@H](CS)C(=O)N[C@@H](CC(N)=O)C(=O)N[C@@H](Cc1c[nH]c2ccccc12)C(=O)N[C@@H](CC(N)=O)C(=O)N[C@@H](CO)C(=O)N[C@@H](Cc1ccccc1)C(=O)N[C@@H](CS)C(=O)N[C@@H](CC(C)C)C(=O)N[C@@H](CCCN=C(N)N)C(=O)N[C@@H](Cc1ccc(O)cc1)C(N)=O. The molecule has 0 bridgehead atoms. The number of hydrogen-bond acceptors (Lipinski definition) is 18. The smallest absolute Gasteiger partial charge is 0.245 e. The van der Waals surface area contributed by atoms with Gasteiger partial charge in [-0.2, -0.15) is 25.3 Å². The van der Waals surface area contributed by atoms with Crippen LogP contribution in [-0.2, 0) is 81.6 Å². The summed E-state index contributed by atoms with van der Waals surface area (Å²) in [6, 6.07) is 5.21. The molecule has 13 amide bonds. The van der Waals surface area contributed by atoms with Gasteiger partial charge in [-0.1, -0.05) is 74.5 Å². The van der Waals surface area contributed by atoms with E-state index < -0.39 is 157 Å². The van der Waals surface area contributed by atoms with Crippen LogP contribution in [0.5, 0.6) is 5.75 Å². The number of hydrogen-bond donors (Lipinski definition) is 20. The molecule has 4 aromatic rings. The van der Waals surface area contributed by atoms with Crippen LogP contribution in [0.15, 0.2) is 90.1 Å². The molecule has 0 spiro atoms. The first-order chi connectivity index (χ1) is 44.5. The molecule has 94 heavy (non-hydrogen) atoms. The van der Waals surface area contributed by atoms with Crippen molar-refractivity contribution in [2.75, 3.05) is 24.7 Å². The molecule has 0 aliphatic rings. The number of aliphatic hydroxyl groups is 1. The van der Waals surface area contributed by atoms with Crippen LogP contribution in [-0.4, -0.2) is 183 Å². The Hall–Kier alpha value is -9.96. The molecule has 0 aliphatic carbocycles. The van der Waals surface area contributed by atoms with E-state index in [0.29, 0.717) is 27.6 Å². The van der Waals surface area contributed by atoms with Crippen LogP contribution in [0, 0.1) is 5.92 Å². The number of benzene rings is 3. The van der Waals surface area contributed by atoms with Gasteiger partial charge in [-0.05, 0) is 60.1 Å². The Morgan fingerprint density at radius 3 is 1.43 bits per heavy atom. The number of aliphatic hydroxyl groups excluding tert-OH is 1. The summed E-state index contributed by atoms with van der Waals surface area (Å²) in [5.74, 6) is -14.2. The van der Waals surface area contributed by atoms with Crippen molar-refractivity contribution in [1.82, 2.24) is 58.2 Å². The lowest BCUT2D eigenvalue weighted by Crippen LogP contribution is -2.62. The summed E-state index contributed by atoms with van der Waals surface area (Å²) in [4.78, 5) is 183. The highest BCUT2D eigenvalue weighted by atomic mass is 32.1. The number of fused-ring (bicyclic) bond motifs is 1. The highest BCUT2D eigenvalue weighted by Crippen LogP contribution is 2.20. The summed E-state index contributed by atoms with van der Waals surface area (Å²) in [5.41, 5.74) is 29.7. The van der Waals surface area contributed by atoms with E-state index in [1.54, 1.807) is 68.4 Å². The standard InChI is InChI=1S/C60H83N17O15S2/c1-30(2)20-40(52(85)69-38(14-9-19-66-60(64)65)51(84)70-39(50(63)83)21-33-15-17-35(80)18-16-33)71-59(92)47(29-94)77-53(86)41(22-32-10-5-4-6-11-32)72-57(90)45(27-78)76-56(89)44(25-49(62)82)74-54(87)42(23-34-26-67-37-13-8-7-12-36(34)37)73-55(88)43(24-48(61)81)75-58(91)46(28-93)68-31(3)79/h4-8,10-13,15-18,26,30,38-47,67,78,80,93-94H,9,14,19-25,27-29H2,1-3H3,(H2,61,81)(H2,62,82)(H2,63,83)(H,68,79)(H,69,85)(H,70,84)(H,71,92)(H,72,90)(H,73,88)(H,74,87)(H,75,91)(H,76,89)(H,77,86)(H4,64,65,66)/t38-,39-,40-,41-,42-,43-,44-,45-,46+,47-/m0/s1. The summed E-state index contributed by atoms with van der Waals surface area (Å²) in [6.45, 7) is 3.52. The van der Waals surface area contributed by atoms with E-state index in [0.717, 1.165) is 6.92 Å². The van der Waals surface area contributed by atoms with E-state index in [1.807, 2.05) is 0 Å². The van der Waals surface area contributed by atoms with Crippen molar-refractivity contribution in [3.8, 4) is 5.75 Å². The first-order valence-corrected chi connectivity index (χ1v) is 30.9. The van der Waals surface area contributed by atoms with Gasteiger partial charge in [0.1, 0.15) is 66.2 Å². The molecule has 34 heteroatoms. The van der Waals surface area contributed by atoms with Crippen molar-refractivity contribution >= 4 is 119 Å². The van der Waals surface area contributed by atoms with E-state index in [9.17, 15) is 72.5 Å². The first-order valence-electron chi connectivity index (χ1n) is 29.6. The van der Waals surface area contributed by atoms with E-state index in [1.165, 1.54) is 30.5 Å². The summed E-state index contributed by atoms with van der Waals surface area (Å²) < 4.78 is 0. The number of carbonyl (C=O) groups is 13. The van der Waals surface area contributed by atoms with Crippen molar-refractivity contribution in [3.05, 3.63) is 102 Å². The quantitative estimate of drug-likeness (QED) is 0.00861. The third-order valence-corrected chi connectivity index (χ3v) is 14.9. The molecule has 0 unspecified atom stereocenters.